The molecule has 2 atom stereocenters. The predicted molar refractivity (Wildman–Crippen MR) is 84.8 cm³/mol. The quantitative estimate of drug-likeness (QED) is 0.385. The number of amides is 2. The first-order valence-corrected chi connectivity index (χ1v) is 8.39. The van der Waals surface area contributed by atoms with E-state index in [1.165, 1.54) is 19.3 Å². The molecule has 0 radical (unpaired) electrons. The molecule has 0 spiro atoms. The van der Waals surface area contributed by atoms with Gasteiger partial charge in [0.2, 0.25) is 5.91 Å². The van der Waals surface area contributed by atoms with E-state index in [1.807, 2.05) is 0 Å². The molecule has 3 nitrogen and oxygen atoms in total. The van der Waals surface area contributed by atoms with Gasteiger partial charge < -0.3 is 0 Å². The minimum atomic E-state index is -0.305. The van der Waals surface area contributed by atoms with Crippen molar-refractivity contribution in [2.75, 3.05) is 0 Å². The van der Waals surface area contributed by atoms with Crippen molar-refractivity contribution in [1.29, 1.82) is 0 Å². The molecule has 108 valence electrons. The maximum atomic E-state index is 11.5. The summed E-state index contributed by atoms with van der Waals surface area (Å²) in [5, 5.41) is 1.74. The van der Waals surface area contributed by atoms with Gasteiger partial charge in [-0.2, -0.15) is 12.6 Å². The number of carbonyl (C=O) groups excluding carboxylic acids is 2. The van der Waals surface area contributed by atoms with Crippen molar-refractivity contribution in [2.24, 2.45) is 0 Å². The third kappa shape index (κ3) is 6.52. The van der Waals surface area contributed by atoms with E-state index in [0.717, 1.165) is 37.4 Å². The minimum Gasteiger partial charge on any atom is -0.286 e. The van der Waals surface area contributed by atoms with Gasteiger partial charge in [-0.3, -0.25) is 14.9 Å². The number of thioether (sulfide) groups is 1. The number of carbonyl (C=O) groups is 2. The molecule has 1 N–H and O–H groups in total. The summed E-state index contributed by atoms with van der Waals surface area (Å²) >= 11 is 5.52. The van der Waals surface area contributed by atoms with Crippen LogP contribution in [0, 0.1) is 0 Å². The molecule has 1 fully saturated rings. The topological polar surface area (TPSA) is 46.2 Å². The van der Waals surface area contributed by atoms with Gasteiger partial charge in [-0.15, -0.1) is 0 Å². The Morgan fingerprint density at radius 2 is 2.00 bits per heavy atom. The summed E-state index contributed by atoms with van der Waals surface area (Å²) in [6, 6.07) is 0. The standard InChI is InChI=1S/C14H23NO2S2/c1-2-3-4-5-6-7-8-9-10-11(18)12-13(16)15-14(17)19-12/h4-5,11-12,18H,2-3,6-10H2,1H3,(H,15,16,17)/b5-4+. The third-order valence-corrected chi connectivity index (χ3v) is 4.93. The fourth-order valence-corrected chi connectivity index (χ4v) is 3.32. The Morgan fingerprint density at radius 1 is 1.26 bits per heavy atom. The maximum absolute atomic E-state index is 11.5. The highest BCUT2D eigenvalue weighted by Gasteiger charge is 2.35. The molecule has 1 aliphatic rings. The Balaban J connectivity index is 2.06. The molecular weight excluding hydrogens is 278 g/mol. The highest BCUT2D eigenvalue weighted by atomic mass is 32.2. The molecule has 0 saturated carbocycles. The molecule has 5 heteroatoms. The summed E-state index contributed by atoms with van der Waals surface area (Å²) in [4.78, 5) is 22.5. The number of rotatable bonds is 9. The number of imide groups is 1. The molecule has 0 bridgehead atoms. The van der Waals surface area contributed by atoms with Gasteiger partial charge in [0.25, 0.3) is 5.24 Å². The van der Waals surface area contributed by atoms with Crippen molar-refractivity contribution in [3.05, 3.63) is 12.2 Å². The van der Waals surface area contributed by atoms with Gasteiger partial charge in [-0.05, 0) is 37.4 Å². The molecule has 1 aliphatic heterocycles. The van der Waals surface area contributed by atoms with E-state index in [1.54, 1.807) is 0 Å². The fourth-order valence-electron chi connectivity index (χ4n) is 1.97. The summed E-state index contributed by atoms with van der Waals surface area (Å²) in [7, 11) is 0. The summed E-state index contributed by atoms with van der Waals surface area (Å²) in [5.41, 5.74) is 0. The molecule has 0 aliphatic carbocycles. The van der Waals surface area contributed by atoms with Crippen LogP contribution in [0.15, 0.2) is 12.2 Å². The molecule has 0 aromatic rings. The second-order valence-electron chi connectivity index (χ2n) is 4.78. The first-order chi connectivity index (χ1) is 9.15. The largest absolute Gasteiger partial charge is 0.286 e. The smallest absolute Gasteiger partial charge is 0.286 e. The summed E-state index contributed by atoms with van der Waals surface area (Å²) in [6.45, 7) is 2.18. The van der Waals surface area contributed by atoms with Crippen molar-refractivity contribution in [3.8, 4) is 0 Å². The van der Waals surface area contributed by atoms with Gasteiger partial charge in [0.15, 0.2) is 0 Å². The number of unbranched alkanes of at least 4 members (excludes halogenated alkanes) is 4. The van der Waals surface area contributed by atoms with Crippen molar-refractivity contribution in [3.63, 3.8) is 0 Å². The second kappa shape index (κ2) is 9.48. The van der Waals surface area contributed by atoms with Crippen LogP contribution >= 0.6 is 24.4 Å². The molecule has 1 rings (SSSR count). The van der Waals surface area contributed by atoms with Crippen molar-refractivity contribution >= 4 is 35.5 Å². The Morgan fingerprint density at radius 3 is 2.63 bits per heavy atom. The van der Waals surface area contributed by atoms with Crippen molar-refractivity contribution in [2.45, 2.75) is 62.4 Å². The second-order valence-corrected chi connectivity index (χ2v) is 6.56. The minimum absolute atomic E-state index is 0.0212. The van der Waals surface area contributed by atoms with Gasteiger partial charge in [0.1, 0.15) is 5.25 Å². The van der Waals surface area contributed by atoms with Gasteiger partial charge in [-0.25, -0.2) is 0 Å². The highest BCUT2D eigenvalue weighted by molar-refractivity contribution is 8.15. The van der Waals surface area contributed by atoms with Crippen LogP contribution in [-0.2, 0) is 4.79 Å². The summed E-state index contributed by atoms with van der Waals surface area (Å²) in [6.07, 6.45) is 12.3. The van der Waals surface area contributed by atoms with Crippen LogP contribution in [0.25, 0.3) is 0 Å². The van der Waals surface area contributed by atoms with E-state index in [2.05, 4.69) is 37.0 Å². The normalized spacial score (nSPS) is 21.1. The summed E-state index contributed by atoms with van der Waals surface area (Å²) < 4.78 is 0. The lowest BCUT2D eigenvalue weighted by Gasteiger charge is -2.13. The van der Waals surface area contributed by atoms with E-state index in [-0.39, 0.29) is 21.6 Å². The molecule has 19 heavy (non-hydrogen) atoms. The molecule has 0 aromatic heterocycles. The van der Waals surface area contributed by atoms with E-state index < -0.39 is 0 Å². The molecular formula is C14H23NO2S2. The SMILES string of the molecule is CCC/C=C/CCCCCC(S)C1SC(=O)NC1=O. The summed E-state index contributed by atoms with van der Waals surface area (Å²) in [5.74, 6) is -0.183. The predicted octanol–water partition coefficient (Wildman–Crippen LogP) is 3.94. The third-order valence-electron chi connectivity index (χ3n) is 3.06. The van der Waals surface area contributed by atoms with E-state index in [0.29, 0.717) is 0 Å². The van der Waals surface area contributed by atoms with E-state index in [9.17, 15) is 9.59 Å². The van der Waals surface area contributed by atoms with Crippen LogP contribution in [0.2, 0.25) is 0 Å². The van der Waals surface area contributed by atoms with Crippen LogP contribution in [0.3, 0.4) is 0 Å². The lowest BCUT2D eigenvalue weighted by atomic mass is 10.1. The van der Waals surface area contributed by atoms with Gasteiger partial charge in [-0.1, -0.05) is 38.3 Å². The monoisotopic (exact) mass is 301 g/mol. The fraction of sp³-hybridized carbons (Fsp3) is 0.714. The average molecular weight is 301 g/mol. The average Bonchev–Trinajstić information content (AvgIpc) is 2.71. The first-order valence-electron chi connectivity index (χ1n) is 6.99. The molecule has 1 heterocycles. The lowest BCUT2D eigenvalue weighted by molar-refractivity contribution is -0.118. The number of hydrogen-bond acceptors (Lipinski definition) is 4. The van der Waals surface area contributed by atoms with E-state index in [4.69, 9.17) is 0 Å². The Hall–Kier alpha value is -0.420. The molecule has 2 amide bonds. The molecule has 2 unspecified atom stereocenters. The highest BCUT2D eigenvalue weighted by Crippen LogP contribution is 2.28. The van der Waals surface area contributed by atoms with Crippen LogP contribution in [-0.4, -0.2) is 21.6 Å². The van der Waals surface area contributed by atoms with E-state index >= 15 is 0 Å². The number of hydrogen-bond donors (Lipinski definition) is 2. The van der Waals surface area contributed by atoms with Gasteiger partial charge in [0.05, 0.1) is 0 Å². The maximum Gasteiger partial charge on any atom is 0.286 e. The van der Waals surface area contributed by atoms with Crippen LogP contribution < -0.4 is 5.32 Å². The van der Waals surface area contributed by atoms with Crippen molar-refractivity contribution < 1.29 is 9.59 Å². The Bertz CT molecular complexity index is 331. The lowest BCUT2D eigenvalue weighted by Crippen LogP contribution is -2.30. The van der Waals surface area contributed by atoms with Gasteiger partial charge >= 0.3 is 0 Å². The molecule has 1 saturated heterocycles. The number of allylic oxidation sites excluding steroid dienone is 2. The Kier molecular flexibility index (Phi) is 8.30. The van der Waals surface area contributed by atoms with Crippen LogP contribution in [0.5, 0.6) is 0 Å². The van der Waals surface area contributed by atoms with Crippen LogP contribution in [0.1, 0.15) is 51.9 Å². The zero-order valence-electron chi connectivity index (χ0n) is 11.4. The van der Waals surface area contributed by atoms with Gasteiger partial charge in [0, 0.05) is 5.25 Å². The Labute approximate surface area is 125 Å². The van der Waals surface area contributed by atoms with Crippen molar-refractivity contribution in [1.82, 2.24) is 5.32 Å². The zero-order valence-corrected chi connectivity index (χ0v) is 13.1. The molecule has 0 aromatic carbocycles. The number of nitrogens with one attached hydrogen (secondary N) is 1. The number of thiol groups is 1. The van der Waals surface area contributed by atoms with Crippen LogP contribution in [0.4, 0.5) is 4.79 Å². The zero-order chi connectivity index (χ0) is 14.1. The first kappa shape index (κ1) is 16.6.